The number of hydrogen-bond donors (Lipinski definition) is 0. The SMILES string of the molecule is S.[Cu].[SiH4].[SnH2]. The first kappa shape index (κ1) is 39.5. The van der Waals surface area contributed by atoms with Crippen LogP contribution in [0.2, 0.25) is 0 Å². The third kappa shape index (κ3) is 9.10. The zero-order chi connectivity index (χ0) is 0. The second-order valence-electron chi connectivity index (χ2n) is 0. The van der Waals surface area contributed by atoms with E-state index in [1.807, 2.05) is 0 Å². The Morgan fingerprint density at radius 3 is 1.00 bits per heavy atom. The fourth-order valence-corrected chi connectivity index (χ4v) is 0. The quantitative estimate of drug-likeness (QED) is 0.426. The van der Waals surface area contributed by atoms with Gasteiger partial charge in [0, 0.05) is 17.1 Å². The third-order valence-corrected chi connectivity index (χ3v) is 0. The molecule has 0 nitrogen and oxygen atoms in total. The molecule has 0 aliphatic carbocycles. The van der Waals surface area contributed by atoms with E-state index in [0.717, 1.165) is 0 Å². The molecule has 0 aliphatic heterocycles. The third-order valence-electron chi connectivity index (χ3n) is 0. The molecule has 3 radical (unpaired) electrons. The van der Waals surface area contributed by atoms with Crippen LogP contribution in [0.5, 0.6) is 0 Å². The molecule has 0 bridgehead atoms. The molecule has 0 saturated carbocycles. The van der Waals surface area contributed by atoms with Crippen molar-refractivity contribution in [3.8, 4) is 0 Å². The molecule has 0 aromatic rings. The van der Waals surface area contributed by atoms with E-state index in [9.17, 15) is 0 Å². The average molecular weight is 250 g/mol. The number of hydrogen-bond acceptors (Lipinski definition) is 0. The van der Waals surface area contributed by atoms with E-state index in [-0.39, 0.29) is 65.4 Å². The molecule has 0 heterocycles. The summed E-state index contributed by atoms with van der Waals surface area (Å²) in [6.45, 7) is 0. The van der Waals surface area contributed by atoms with Crippen molar-refractivity contribution in [3.63, 3.8) is 0 Å². The fraction of sp³-hybridized carbons (Fsp3) is 0. The molecule has 0 spiro atoms. The molecule has 0 N–H and O–H groups in total. The van der Waals surface area contributed by atoms with Crippen LogP contribution in [0.15, 0.2) is 0 Å². The maximum absolute atomic E-state index is 0. The molecule has 4 heavy (non-hydrogen) atoms. The van der Waals surface area contributed by atoms with E-state index >= 15 is 0 Å². The van der Waals surface area contributed by atoms with Crippen molar-refractivity contribution >= 4 is 48.4 Å². The summed E-state index contributed by atoms with van der Waals surface area (Å²) in [5, 5.41) is 0. The Balaban J connectivity index is 0. The van der Waals surface area contributed by atoms with Crippen LogP contribution >= 0.6 is 13.5 Å². The van der Waals surface area contributed by atoms with Crippen LogP contribution in [-0.2, 0) is 17.1 Å². The fourth-order valence-electron chi connectivity index (χ4n) is 0. The van der Waals surface area contributed by atoms with Crippen LogP contribution in [0.4, 0.5) is 0 Å². The van der Waals surface area contributed by atoms with Crippen molar-refractivity contribution in [2.75, 3.05) is 0 Å². The summed E-state index contributed by atoms with van der Waals surface area (Å²) in [5.74, 6) is 0. The van der Waals surface area contributed by atoms with E-state index in [0.29, 0.717) is 0 Å². The van der Waals surface area contributed by atoms with Crippen molar-refractivity contribution in [3.05, 3.63) is 0 Å². The minimum atomic E-state index is 0. The van der Waals surface area contributed by atoms with E-state index in [1.54, 1.807) is 0 Å². The van der Waals surface area contributed by atoms with Crippen LogP contribution in [0, 0.1) is 0 Å². The molecule has 0 aliphatic rings. The van der Waals surface area contributed by atoms with Crippen LogP contribution in [0.1, 0.15) is 0 Å². The van der Waals surface area contributed by atoms with Gasteiger partial charge in [0.2, 0.25) is 0 Å². The van der Waals surface area contributed by atoms with Crippen molar-refractivity contribution in [2.24, 2.45) is 0 Å². The molecule has 0 rings (SSSR count). The molecule has 0 aromatic carbocycles. The van der Waals surface area contributed by atoms with Crippen molar-refractivity contribution in [2.45, 2.75) is 0 Å². The van der Waals surface area contributed by atoms with Gasteiger partial charge in [-0.05, 0) is 11.0 Å². The van der Waals surface area contributed by atoms with Gasteiger partial charge in [0.25, 0.3) is 0 Å². The average Bonchev–Trinajstić information content (AvgIpc) is 0. The predicted molar refractivity (Wildman–Crippen MR) is 30.3 cm³/mol. The molecule has 0 fully saturated rings. The summed E-state index contributed by atoms with van der Waals surface area (Å²) in [6.07, 6.45) is 0. The second-order valence-corrected chi connectivity index (χ2v) is 0. The van der Waals surface area contributed by atoms with Crippen molar-refractivity contribution < 1.29 is 17.1 Å². The van der Waals surface area contributed by atoms with Crippen molar-refractivity contribution in [1.29, 1.82) is 0 Å². The molecular weight excluding hydrogens is 242 g/mol. The van der Waals surface area contributed by atoms with E-state index < -0.39 is 0 Å². The van der Waals surface area contributed by atoms with Gasteiger partial charge in [-0.2, -0.15) is 13.5 Å². The summed E-state index contributed by atoms with van der Waals surface area (Å²) in [5.41, 5.74) is 0. The summed E-state index contributed by atoms with van der Waals surface area (Å²) < 4.78 is 0. The number of rotatable bonds is 0. The van der Waals surface area contributed by atoms with Crippen molar-refractivity contribution in [1.82, 2.24) is 0 Å². The monoisotopic (exact) mass is 251 g/mol. The Morgan fingerprint density at radius 2 is 1.00 bits per heavy atom. The van der Waals surface area contributed by atoms with Gasteiger partial charge in [0.15, 0.2) is 0 Å². The van der Waals surface area contributed by atoms with Crippen LogP contribution in [-0.4, -0.2) is 34.9 Å². The molecule has 4 heteroatoms. The van der Waals surface area contributed by atoms with Crippen LogP contribution in [0.25, 0.3) is 0 Å². The zero-order valence-electron chi connectivity index (χ0n) is 1.51. The van der Waals surface area contributed by atoms with Gasteiger partial charge in [-0.1, -0.05) is 0 Å². The molecule has 0 atom stereocenters. The summed E-state index contributed by atoms with van der Waals surface area (Å²) in [4.78, 5) is 0. The Hall–Kier alpha value is 1.89. The Labute approximate surface area is 65.0 Å². The molecule has 33 valence electrons. The second kappa shape index (κ2) is 20.7. The summed E-state index contributed by atoms with van der Waals surface area (Å²) >= 11 is 0. The van der Waals surface area contributed by atoms with Gasteiger partial charge >= 0.3 is 23.9 Å². The zero-order valence-corrected chi connectivity index (χ0v) is 7.49. The van der Waals surface area contributed by atoms with E-state index in [1.165, 1.54) is 0 Å². The maximum atomic E-state index is 0. The first-order chi connectivity index (χ1) is 0. The molecule has 0 saturated heterocycles. The van der Waals surface area contributed by atoms with Gasteiger partial charge < -0.3 is 0 Å². The molecule has 0 aromatic heterocycles. The Kier molecular flexibility index (Phi) is 205. The summed E-state index contributed by atoms with van der Waals surface area (Å²) in [6, 6.07) is 0. The molecular formula is H8CuSSiSn. The van der Waals surface area contributed by atoms with Crippen LogP contribution < -0.4 is 0 Å². The minimum absolute atomic E-state index is 0. The molecule has 0 unspecified atom stereocenters. The molecule has 0 amide bonds. The van der Waals surface area contributed by atoms with Gasteiger partial charge in [0.05, 0.1) is 0 Å². The van der Waals surface area contributed by atoms with Gasteiger partial charge in [-0.3, -0.25) is 0 Å². The van der Waals surface area contributed by atoms with E-state index in [2.05, 4.69) is 0 Å². The Bertz CT molecular complexity index is 8.00. The van der Waals surface area contributed by atoms with Gasteiger partial charge in [0.1, 0.15) is 0 Å². The standard InChI is InChI=1S/Cu.H2S.H4Si.Sn.2H/h;1H2;1H4;;;. The topological polar surface area (TPSA) is 0 Å². The van der Waals surface area contributed by atoms with Gasteiger partial charge in [-0.25, -0.2) is 0 Å². The summed E-state index contributed by atoms with van der Waals surface area (Å²) in [7, 11) is 0. The first-order valence-corrected chi connectivity index (χ1v) is 0. The van der Waals surface area contributed by atoms with Gasteiger partial charge in [-0.15, -0.1) is 0 Å². The normalized spacial score (nSPS) is 0. The van der Waals surface area contributed by atoms with Crippen LogP contribution in [0.3, 0.4) is 0 Å². The predicted octanol–water partition coefficient (Wildman–Crippen LogP) is -2.26. The first-order valence-electron chi connectivity index (χ1n) is 0. The van der Waals surface area contributed by atoms with E-state index in [4.69, 9.17) is 0 Å². The Morgan fingerprint density at radius 1 is 1.00 bits per heavy atom.